The standard InChI is InChI=1S/C15H19ClN2O3/c1-18(9-10-5-2-3-7-12(10)16)15(21)17-13-8-4-6-11(13)14(19)20/h2-3,5,7,11,13H,4,6,8-9H2,1H3,(H,17,21)(H,19,20). The predicted octanol–water partition coefficient (Wildman–Crippen LogP) is 2.73. The van der Waals surface area contributed by atoms with Gasteiger partial charge in [0.15, 0.2) is 0 Å². The molecule has 2 rings (SSSR count). The number of carbonyl (C=O) groups is 2. The maximum absolute atomic E-state index is 12.2. The molecule has 0 spiro atoms. The number of aliphatic carboxylic acids is 1. The lowest BCUT2D eigenvalue weighted by Gasteiger charge is -2.23. The average Bonchev–Trinajstić information content (AvgIpc) is 2.89. The largest absolute Gasteiger partial charge is 0.481 e. The van der Waals surface area contributed by atoms with E-state index in [2.05, 4.69) is 5.32 Å². The lowest BCUT2D eigenvalue weighted by atomic mass is 10.0. The lowest BCUT2D eigenvalue weighted by Crippen LogP contribution is -2.45. The summed E-state index contributed by atoms with van der Waals surface area (Å²) >= 11 is 6.07. The van der Waals surface area contributed by atoms with Crippen LogP contribution in [0.5, 0.6) is 0 Å². The van der Waals surface area contributed by atoms with Crippen LogP contribution in [0.3, 0.4) is 0 Å². The molecular formula is C15H19ClN2O3. The third kappa shape index (κ3) is 3.88. The Morgan fingerprint density at radius 3 is 2.76 bits per heavy atom. The lowest BCUT2D eigenvalue weighted by molar-refractivity contribution is -0.142. The van der Waals surface area contributed by atoms with Gasteiger partial charge in [0, 0.05) is 24.7 Å². The normalized spacial score (nSPS) is 21.0. The number of carbonyl (C=O) groups excluding carboxylic acids is 1. The van der Waals surface area contributed by atoms with Crippen molar-refractivity contribution in [2.45, 2.75) is 31.8 Å². The Kier molecular flexibility index (Phi) is 5.07. The summed E-state index contributed by atoms with van der Waals surface area (Å²) in [4.78, 5) is 24.8. The van der Waals surface area contributed by atoms with Crippen LogP contribution in [0.15, 0.2) is 24.3 Å². The summed E-state index contributed by atoms with van der Waals surface area (Å²) < 4.78 is 0. The Bertz CT molecular complexity index is 535. The highest BCUT2D eigenvalue weighted by Crippen LogP contribution is 2.26. The summed E-state index contributed by atoms with van der Waals surface area (Å²) in [6.45, 7) is 0.385. The summed E-state index contributed by atoms with van der Waals surface area (Å²) in [5.41, 5.74) is 0.859. The van der Waals surface area contributed by atoms with E-state index in [4.69, 9.17) is 16.7 Å². The van der Waals surface area contributed by atoms with Crippen molar-refractivity contribution in [2.75, 3.05) is 7.05 Å². The molecule has 6 heteroatoms. The minimum atomic E-state index is -0.841. The summed E-state index contributed by atoms with van der Waals surface area (Å²) in [5, 5.41) is 12.5. The Balaban J connectivity index is 1.94. The number of nitrogens with zero attached hydrogens (tertiary/aromatic N) is 1. The Morgan fingerprint density at radius 2 is 2.10 bits per heavy atom. The van der Waals surface area contributed by atoms with Crippen molar-refractivity contribution in [2.24, 2.45) is 5.92 Å². The number of urea groups is 1. The minimum absolute atomic E-state index is 0.270. The second-order valence-electron chi connectivity index (χ2n) is 5.38. The van der Waals surface area contributed by atoms with Crippen LogP contribution in [-0.4, -0.2) is 35.1 Å². The topological polar surface area (TPSA) is 69.6 Å². The second-order valence-corrected chi connectivity index (χ2v) is 5.79. The monoisotopic (exact) mass is 310 g/mol. The van der Waals surface area contributed by atoms with Crippen molar-refractivity contribution < 1.29 is 14.7 Å². The molecule has 5 nitrogen and oxygen atoms in total. The van der Waals surface area contributed by atoms with Gasteiger partial charge in [-0.25, -0.2) is 4.79 Å². The number of hydrogen-bond acceptors (Lipinski definition) is 2. The van der Waals surface area contributed by atoms with Gasteiger partial charge in [-0.15, -0.1) is 0 Å². The first kappa shape index (κ1) is 15.6. The molecule has 1 aromatic carbocycles. The third-order valence-electron chi connectivity index (χ3n) is 3.85. The van der Waals surface area contributed by atoms with Crippen LogP contribution in [0.2, 0.25) is 5.02 Å². The molecule has 2 N–H and O–H groups in total. The Labute approximate surface area is 128 Å². The molecule has 1 aliphatic rings. The van der Waals surface area contributed by atoms with Gasteiger partial charge in [0.2, 0.25) is 0 Å². The van der Waals surface area contributed by atoms with Gasteiger partial charge in [-0.2, -0.15) is 0 Å². The molecule has 1 aromatic rings. The number of rotatable bonds is 4. The first-order valence-corrected chi connectivity index (χ1v) is 7.34. The van der Waals surface area contributed by atoms with E-state index < -0.39 is 11.9 Å². The van der Waals surface area contributed by atoms with Crippen molar-refractivity contribution in [3.63, 3.8) is 0 Å². The van der Waals surface area contributed by atoms with E-state index in [9.17, 15) is 9.59 Å². The van der Waals surface area contributed by atoms with Crippen molar-refractivity contribution >= 4 is 23.6 Å². The number of halogens is 1. The van der Waals surface area contributed by atoms with E-state index in [1.165, 1.54) is 4.90 Å². The molecule has 0 aromatic heterocycles. The molecule has 1 fully saturated rings. The smallest absolute Gasteiger partial charge is 0.317 e. The van der Waals surface area contributed by atoms with Crippen LogP contribution >= 0.6 is 11.6 Å². The van der Waals surface area contributed by atoms with Gasteiger partial charge in [0.25, 0.3) is 0 Å². The van der Waals surface area contributed by atoms with Crippen LogP contribution in [0.4, 0.5) is 4.79 Å². The molecule has 0 saturated heterocycles. The van der Waals surface area contributed by atoms with Gasteiger partial charge in [-0.3, -0.25) is 4.79 Å². The number of nitrogens with one attached hydrogen (secondary N) is 1. The van der Waals surface area contributed by atoms with Gasteiger partial charge in [0.05, 0.1) is 5.92 Å². The molecule has 1 aliphatic carbocycles. The highest BCUT2D eigenvalue weighted by Gasteiger charge is 2.34. The summed E-state index contributed by atoms with van der Waals surface area (Å²) in [7, 11) is 1.67. The van der Waals surface area contributed by atoms with Gasteiger partial charge in [-0.1, -0.05) is 36.2 Å². The Hall–Kier alpha value is -1.75. The van der Waals surface area contributed by atoms with Crippen molar-refractivity contribution in [1.29, 1.82) is 0 Å². The second kappa shape index (κ2) is 6.80. The maximum atomic E-state index is 12.2. The van der Waals surface area contributed by atoms with Gasteiger partial charge in [0.1, 0.15) is 0 Å². The van der Waals surface area contributed by atoms with Crippen LogP contribution in [-0.2, 0) is 11.3 Å². The first-order chi connectivity index (χ1) is 9.99. The quantitative estimate of drug-likeness (QED) is 0.898. The van der Waals surface area contributed by atoms with Crippen molar-refractivity contribution in [3.8, 4) is 0 Å². The molecule has 114 valence electrons. The zero-order chi connectivity index (χ0) is 15.4. The van der Waals surface area contributed by atoms with E-state index in [0.29, 0.717) is 24.4 Å². The third-order valence-corrected chi connectivity index (χ3v) is 4.22. The molecule has 2 atom stereocenters. The average molecular weight is 311 g/mol. The number of carboxylic acid groups (broad SMARTS) is 1. The highest BCUT2D eigenvalue weighted by atomic mass is 35.5. The number of hydrogen-bond donors (Lipinski definition) is 2. The highest BCUT2D eigenvalue weighted by molar-refractivity contribution is 6.31. The fraction of sp³-hybridized carbons (Fsp3) is 0.467. The molecule has 2 unspecified atom stereocenters. The molecule has 0 radical (unpaired) electrons. The number of benzene rings is 1. The summed E-state index contributed by atoms with van der Waals surface area (Å²) in [6.07, 6.45) is 2.16. The fourth-order valence-corrected chi connectivity index (χ4v) is 2.85. The zero-order valence-electron chi connectivity index (χ0n) is 11.9. The van der Waals surface area contributed by atoms with E-state index in [-0.39, 0.29) is 12.1 Å². The molecule has 0 heterocycles. The van der Waals surface area contributed by atoms with Gasteiger partial charge < -0.3 is 15.3 Å². The molecule has 21 heavy (non-hydrogen) atoms. The molecule has 0 aliphatic heterocycles. The minimum Gasteiger partial charge on any atom is -0.481 e. The van der Waals surface area contributed by atoms with Crippen molar-refractivity contribution in [3.05, 3.63) is 34.9 Å². The van der Waals surface area contributed by atoms with Crippen LogP contribution < -0.4 is 5.32 Å². The van der Waals surface area contributed by atoms with Crippen LogP contribution in [0.25, 0.3) is 0 Å². The molecule has 1 saturated carbocycles. The van der Waals surface area contributed by atoms with Gasteiger partial charge >= 0.3 is 12.0 Å². The number of carboxylic acids is 1. The van der Waals surface area contributed by atoms with Crippen LogP contribution in [0, 0.1) is 5.92 Å². The molecule has 2 amide bonds. The summed E-state index contributed by atoms with van der Waals surface area (Å²) in [5.74, 6) is -1.32. The van der Waals surface area contributed by atoms with E-state index in [0.717, 1.165) is 12.0 Å². The zero-order valence-corrected chi connectivity index (χ0v) is 12.6. The SMILES string of the molecule is CN(Cc1ccccc1Cl)C(=O)NC1CCCC1C(=O)O. The predicted molar refractivity (Wildman–Crippen MR) is 80.2 cm³/mol. The van der Waals surface area contributed by atoms with E-state index >= 15 is 0 Å². The number of amides is 2. The first-order valence-electron chi connectivity index (χ1n) is 6.97. The fourth-order valence-electron chi connectivity index (χ4n) is 2.65. The van der Waals surface area contributed by atoms with E-state index in [1.54, 1.807) is 13.1 Å². The maximum Gasteiger partial charge on any atom is 0.317 e. The van der Waals surface area contributed by atoms with Crippen LogP contribution in [0.1, 0.15) is 24.8 Å². The summed E-state index contributed by atoms with van der Waals surface area (Å²) in [6, 6.07) is 6.78. The molecular weight excluding hydrogens is 292 g/mol. The Morgan fingerprint density at radius 1 is 1.38 bits per heavy atom. The van der Waals surface area contributed by atoms with E-state index in [1.807, 2.05) is 18.2 Å². The van der Waals surface area contributed by atoms with Crippen molar-refractivity contribution in [1.82, 2.24) is 10.2 Å². The van der Waals surface area contributed by atoms with Gasteiger partial charge in [-0.05, 0) is 24.5 Å². The molecule has 0 bridgehead atoms.